The third kappa shape index (κ3) is 3.41. The summed E-state index contributed by atoms with van der Waals surface area (Å²) in [6.45, 7) is 7.13. The van der Waals surface area contributed by atoms with E-state index < -0.39 is 20.0 Å². The molecule has 0 N–H and O–H groups in total. The summed E-state index contributed by atoms with van der Waals surface area (Å²) < 4.78 is 6.72. The van der Waals surface area contributed by atoms with Gasteiger partial charge in [-0.1, -0.05) is 0 Å². The molecule has 0 spiro atoms. The van der Waals surface area contributed by atoms with E-state index in [1.54, 1.807) is 12.5 Å². The van der Waals surface area contributed by atoms with Crippen LogP contribution in [0.1, 0.15) is 46.5 Å². The van der Waals surface area contributed by atoms with Gasteiger partial charge in [0.05, 0.1) is 0 Å². The van der Waals surface area contributed by atoms with Gasteiger partial charge < -0.3 is 0 Å². The van der Waals surface area contributed by atoms with E-state index in [4.69, 9.17) is 0 Å². The Hall–Kier alpha value is 0.350. The van der Waals surface area contributed by atoms with Gasteiger partial charge in [-0.25, -0.2) is 0 Å². The first kappa shape index (κ1) is 13.4. The molecule has 1 heteroatoms. The zero-order valence-electron chi connectivity index (χ0n) is 10.7. The summed E-state index contributed by atoms with van der Waals surface area (Å²) in [7, 11) is 0. The zero-order valence-corrected chi connectivity index (χ0v) is 14.3. The minimum absolute atomic E-state index is 1.31. The molecule has 0 aromatic carbocycles. The molecule has 0 aromatic heterocycles. The average molecular weight is 373 g/mol. The van der Waals surface area contributed by atoms with Crippen LogP contribution in [0, 0.1) is 0 Å². The summed E-state index contributed by atoms with van der Waals surface area (Å²) in [6, 6.07) is 0. The molecule has 0 unspecified atom stereocenters. The first-order chi connectivity index (χ1) is 7.29. The van der Waals surface area contributed by atoms with Crippen molar-refractivity contribution >= 4 is 0 Å². The van der Waals surface area contributed by atoms with E-state index >= 15 is 0 Å². The van der Waals surface area contributed by atoms with Gasteiger partial charge in [-0.05, 0) is 0 Å². The average Bonchev–Trinajstić information content (AvgIpc) is 2.72. The fourth-order valence-electron chi connectivity index (χ4n) is 3.13. The van der Waals surface area contributed by atoms with Gasteiger partial charge in [0.25, 0.3) is 0 Å². The van der Waals surface area contributed by atoms with E-state index in [1.807, 2.05) is 3.33 Å². The summed E-state index contributed by atoms with van der Waals surface area (Å²) in [5, 5.41) is 0. The van der Waals surface area contributed by atoms with E-state index in [1.165, 1.54) is 25.7 Å². The third-order valence-electron chi connectivity index (χ3n) is 3.64. The molecule has 1 rings (SSSR count). The van der Waals surface area contributed by atoms with Crippen LogP contribution in [0.25, 0.3) is 0 Å². The van der Waals surface area contributed by atoms with Crippen molar-refractivity contribution in [2.75, 3.05) is 0 Å². The summed E-state index contributed by atoms with van der Waals surface area (Å²) in [5.74, 6) is 0. The number of rotatable bonds is 7. The molecule has 1 aliphatic carbocycles. The van der Waals surface area contributed by atoms with Gasteiger partial charge in [0.2, 0.25) is 0 Å². The van der Waals surface area contributed by atoms with Crippen LogP contribution in [-0.4, -0.2) is 0 Å². The Labute approximate surface area is 100 Å². The van der Waals surface area contributed by atoms with Crippen molar-refractivity contribution in [2.45, 2.75) is 59.0 Å². The van der Waals surface area contributed by atoms with Crippen LogP contribution in [0.3, 0.4) is 0 Å². The standard InChI is InChI=1S/C5H5.3C3H7.Hf/c1-2-4-5-3-1;3*1-3-2;/h1-3H,4H2;3*1,3H2,2H3;. The van der Waals surface area contributed by atoms with Crippen molar-refractivity contribution < 1.29 is 20.0 Å². The first-order valence-corrected chi connectivity index (χ1v) is 16.1. The second-order valence-electron chi connectivity index (χ2n) is 4.85. The Balaban J connectivity index is 2.79. The predicted molar refractivity (Wildman–Crippen MR) is 67.1 cm³/mol. The molecule has 0 atom stereocenters. The molecule has 1 aliphatic rings. The van der Waals surface area contributed by atoms with Gasteiger partial charge in [0.15, 0.2) is 0 Å². The van der Waals surface area contributed by atoms with Crippen molar-refractivity contribution in [3.8, 4) is 0 Å². The molecule has 0 radical (unpaired) electrons. The molecule has 0 aliphatic heterocycles. The predicted octanol–water partition coefficient (Wildman–Crippen LogP) is 5.47. The Morgan fingerprint density at radius 3 is 1.87 bits per heavy atom. The third-order valence-corrected chi connectivity index (χ3v) is 25.6. The van der Waals surface area contributed by atoms with Crippen LogP contribution in [0.4, 0.5) is 0 Å². The molecule has 0 fully saturated rings. The van der Waals surface area contributed by atoms with Gasteiger partial charge in [0, 0.05) is 0 Å². The monoisotopic (exact) mass is 374 g/mol. The Bertz CT molecular complexity index is 221. The molecular weight excluding hydrogens is 347 g/mol. The van der Waals surface area contributed by atoms with Crippen LogP contribution < -0.4 is 0 Å². The molecule has 0 saturated heterocycles. The minimum atomic E-state index is -2.02. The number of hydrogen-bond donors (Lipinski definition) is 0. The topological polar surface area (TPSA) is 0 Å². The molecular formula is C14H26Hf. The number of hydrogen-bond acceptors (Lipinski definition) is 0. The SMILES string of the molecule is CC[CH2][Hf]([CH2]CC)([CH2]CC)[C]1=CC=CC1. The van der Waals surface area contributed by atoms with Gasteiger partial charge in [0.1, 0.15) is 0 Å². The fraction of sp³-hybridized carbons (Fsp3) is 0.714. The second-order valence-corrected chi connectivity index (χ2v) is 21.8. The Morgan fingerprint density at radius 1 is 1.00 bits per heavy atom. The van der Waals surface area contributed by atoms with Crippen molar-refractivity contribution in [1.29, 1.82) is 0 Å². The molecule has 0 aromatic rings. The molecule has 0 heterocycles. The molecule has 0 nitrogen and oxygen atoms in total. The van der Waals surface area contributed by atoms with E-state index in [0.717, 1.165) is 0 Å². The second kappa shape index (κ2) is 6.83. The Morgan fingerprint density at radius 2 is 1.53 bits per heavy atom. The normalized spacial score (nSPS) is 15.8. The molecule has 0 saturated carbocycles. The van der Waals surface area contributed by atoms with Crippen LogP contribution in [0.2, 0.25) is 12.5 Å². The van der Waals surface area contributed by atoms with Gasteiger partial charge >= 0.3 is 101 Å². The Kier molecular flexibility index (Phi) is 6.11. The van der Waals surface area contributed by atoms with E-state index in [9.17, 15) is 0 Å². The van der Waals surface area contributed by atoms with Crippen LogP contribution in [0.5, 0.6) is 0 Å². The van der Waals surface area contributed by atoms with Gasteiger partial charge in [-0.3, -0.25) is 0 Å². The van der Waals surface area contributed by atoms with E-state index in [0.29, 0.717) is 0 Å². The summed E-state index contributed by atoms with van der Waals surface area (Å²) in [5.41, 5.74) is 0. The number of allylic oxidation sites excluding steroid dienone is 4. The van der Waals surface area contributed by atoms with Crippen LogP contribution in [0.15, 0.2) is 21.6 Å². The molecule has 86 valence electrons. The molecule has 0 amide bonds. The van der Waals surface area contributed by atoms with Crippen molar-refractivity contribution in [3.63, 3.8) is 0 Å². The summed E-state index contributed by atoms with van der Waals surface area (Å²) in [6.07, 6.45) is 12.7. The van der Waals surface area contributed by atoms with Crippen LogP contribution in [-0.2, 0) is 20.0 Å². The van der Waals surface area contributed by atoms with Crippen molar-refractivity contribution in [3.05, 3.63) is 21.6 Å². The van der Waals surface area contributed by atoms with E-state index in [2.05, 4.69) is 39.0 Å². The summed E-state index contributed by atoms with van der Waals surface area (Å²) in [4.78, 5) is 0. The zero-order chi connectivity index (χ0) is 11.1. The quantitative estimate of drug-likeness (QED) is 0.520. The van der Waals surface area contributed by atoms with Gasteiger partial charge in [-0.2, -0.15) is 0 Å². The maximum atomic E-state index is 2.47. The van der Waals surface area contributed by atoms with Crippen molar-refractivity contribution in [1.82, 2.24) is 0 Å². The van der Waals surface area contributed by atoms with Crippen molar-refractivity contribution in [2.24, 2.45) is 0 Å². The summed E-state index contributed by atoms with van der Waals surface area (Å²) >= 11 is -2.02. The first-order valence-electron chi connectivity index (χ1n) is 6.65. The van der Waals surface area contributed by atoms with Gasteiger partial charge in [-0.15, -0.1) is 0 Å². The molecule has 0 bridgehead atoms. The maximum absolute atomic E-state index is 2.47. The fourth-order valence-corrected chi connectivity index (χ4v) is 23.2. The van der Waals surface area contributed by atoms with E-state index in [-0.39, 0.29) is 0 Å². The molecule has 15 heavy (non-hydrogen) atoms. The van der Waals surface area contributed by atoms with Crippen LogP contribution >= 0.6 is 0 Å².